The predicted octanol–water partition coefficient (Wildman–Crippen LogP) is 5.00. The third-order valence-corrected chi connectivity index (χ3v) is 7.71. The lowest BCUT2D eigenvalue weighted by atomic mass is 10.0. The second kappa shape index (κ2) is 15.3. The molecular formula is C33H37FN6O3S. The first-order valence-corrected chi connectivity index (χ1v) is 15.0. The van der Waals surface area contributed by atoms with E-state index in [9.17, 15) is 19.1 Å². The molecule has 4 rings (SSSR count). The summed E-state index contributed by atoms with van der Waals surface area (Å²) in [4.78, 5) is 31.1. The maximum Gasteiger partial charge on any atom is 0.274 e. The summed E-state index contributed by atoms with van der Waals surface area (Å²) in [7, 11) is 0. The molecule has 0 aliphatic rings. The molecule has 230 valence electrons. The van der Waals surface area contributed by atoms with E-state index in [-0.39, 0.29) is 22.6 Å². The number of nitrogens with two attached hydrogens (primary N) is 2. The second-order valence-electron chi connectivity index (χ2n) is 10.9. The predicted molar refractivity (Wildman–Crippen MR) is 174 cm³/mol. The van der Waals surface area contributed by atoms with Crippen LogP contribution in [0.3, 0.4) is 0 Å². The molecule has 0 aliphatic heterocycles. The quantitative estimate of drug-likeness (QED) is 0.104. The van der Waals surface area contributed by atoms with Crippen LogP contribution in [0, 0.1) is 11.7 Å². The Hall–Kier alpha value is -4.45. The summed E-state index contributed by atoms with van der Waals surface area (Å²) in [5.41, 5.74) is 13.9. The van der Waals surface area contributed by atoms with Gasteiger partial charge in [0.2, 0.25) is 0 Å². The molecule has 0 saturated heterocycles. The molecule has 2 unspecified atom stereocenters. The van der Waals surface area contributed by atoms with Gasteiger partial charge >= 0.3 is 0 Å². The van der Waals surface area contributed by atoms with Gasteiger partial charge < -0.3 is 27.2 Å². The molecule has 0 saturated carbocycles. The fourth-order valence-electron chi connectivity index (χ4n) is 4.47. The SMILES string of the molecule is CC(C)CN(CC(O)C(Cc1ccccc1)NC(=O)c1ccc(C(=O)Nc2ccc(F)cc2N)nc1)Sc1ccc(N)cc1. The molecule has 0 aliphatic carbocycles. The monoisotopic (exact) mass is 616 g/mol. The molecule has 1 heterocycles. The fourth-order valence-corrected chi connectivity index (χ4v) is 5.63. The highest BCUT2D eigenvalue weighted by Crippen LogP contribution is 2.26. The highest BCUT2D eigenvalue weighted by atomic mass is 32.2. The van der Waals surface area contributed by atoms with Crippen LogP contribution in [-0.2, 0) is 6.42 Å². The number of carbonyl (C=O) groups is 2. The van der Waals surface area contributed by atoms with Crippen molar-refractivity contribution in [3.05, 3.63) is 114 Å². The van der Waals surface area contributed by atoms with Gasteiger partial charge in [0.25, 0.3) is 11.8 Å². The Morgan fingerprint density at radius 2 is 1.68 bits per heavy atom. The average Bonchev–Trinajstić information content (AvgIpc) is 2.99. The first kappa shape index (κ1) is 32.5. The Balaban J connectivity index is 1.47. The summed E-state index contributed by atoms with van der Waals surface area (Å²) in [6.45, 7) is 5.24. The third-order valence-electron chi connectivity index (χ3n) is 6.67. The average molecular weight is 617 g/mol. The lowest BCUT2D eigenvalue weighted by molar-refractivity contribution is 0.0783. The molecule has 44 heavy (non-hydrogen) atoms. The summed E-state index contributed by atoms with van der Waals surface area (Å²) in [6, 6.07) is 23.1. The van der Waals surface area contributed by atoms with Crippen molar-refractivity contribution in [3.8, 4) is 0 Å². The molecule has 4 aromatic rings. The van der Waals surface area contributed by atoms with Gasteiger partial charge in [-0.2, -0.15) is 0 Å². The largest absolute Gasteiger partial charge is 0.399 e. The van der Waals surface area contributed by atoms with Crippen molar-refractivity contribution in [1.82, 2.24) is 14.6 Å². The number of aliphatic hydroxyl groups excluding tert-OH is 1. The lowest BCUT2D eigenvalue weighted by Crippen LogP contribution is -2.49. The van der Waals surface area contributed by atoms with Gasteiger partial charge in [-0.25, -0.2) is 8.70 Å². The standard InChI is InChI=1S/C33H37FN6O3S/c1-21(2)19-40(44-26-12-10-25(35)11-13-26)20-31(41)30(16-22-6-4-3-5-7-22)39-32(42)23-8-14-29(37-18-23)33(43)38-28-15-9-24(34)17-27(28)36/h3-15,17-18,21,30-31,41H,16,19-20,35-36H2,1-2H3,(H,38,43)(H,39,42). The van der Waals surface area contributed by atoms with E-state index < -0.39 is 29.8 Å². The molecular weight excluding hydrogens is 579 g/mol. The molecule has 0 spiro atoms. The number of nitrogens with zero attached hydrogens (tertiary/aromatic N) is 2. The number of nitrogen functional groups attached to an aromatic ring is 2. The van der Waals surface area contributed by atoms with Crippen LogP contribution >= 0.6 is 11.9 Å². The molecule has 0 fully saturated rings. The first-order valence-electron chi connectivity index (χ1n) is 14.2. The zero-order valence-corrected chi connectivity index (χ0v) is 25.4. The van der Waals surface area contributed by atoms with E-state index in [1.54, 1.807) is 0 Å². The van der Waals surface area contributed by atoms with E-state index in [1.165, 1.54) is 42.4 Å². The van der Waals surface area contributed by atoms with Crippen LogP contribution in [0.2, 0.25) is 0 Å². The molecule has 3 aromatic carbocycles. The molecule has 0 bridgehead atoms. The van der Waals surface area contributed by atoms with Crippen molar-refractivity contribution >= 4 is 40.8 Å². The molecule has 7 N–H and O–H groups in total. The van der Waals surface area contributed by atoms with Gasteiger partial charge in [0.1, 0.15) is 11.5 Å². The van der Waals surface area contributed by atoms with Gasteiger partial charge in [0, 0.05) is 29.9 Å². The smallest absolute Gasteiger partial charge is 0.274 e. The Morgan fingerprint density at radius 3 is 2.32 bits per heavy atom. The highest BCUT2D eigenvalue weighted by molar-refractivity contribution is 7.97. The Kier molecular flexibility index (Phi) is 11.3. The number of anilines is 3. The van der Waals surface area contributed by atoms with Crippen LogP contribution in [0.5, 0.6) is 0 Å². The molecule has 0 radical (unpaired) electrons. The van der Waals surface area contributed by atoms with E-state index in [1.807, 2.05) is 54.6 Å². The Morgan fingerprint density at radius 1 is 0.955 bits per heavy atom. The zero-order chi connectivity index (χ0) is 31.6. The minimum absolute atomic E-state index is 0.0511. The van der Waals surface area contributed by atoms with Crippen LogP contribution < -0.4 is 22.1 Å². The summed E-state index contributed by atoms with van der Waals surface area (Å²) < 4.78 is 15.4. The number of nitrogens with one attached hydrogen (secondary N) is 2. The zero-order valence-electron chi connectivity index (χ0n) is 24.6. The lowest BCUT2D eigenvalue weighted by Gasteiger charge is -2.30. The number of hydrogen-bond acceptors (Lipinski definition) is 8. The van der Waals surface area contributed by atoms with Crippen LogP contribution in [-0.4, -0.2) is 51.4 Å². The topological polar surface area (TPSA) is 147 Å². The number of pyridine rings is 1. The number of benzene rings is 3. The second-order valence-corrected chi connectivity index (χ2v) is 12.0. The van der Waals surface area contributed by atoms with Crippen molar-refractivity contribution in [2.24, 2.45) is 5.92 Å². The van der Waals surface area contributed by atoms with Crippen LogP contribution in [0.15, 0.2) is 96.0 Å². The summed E-state index contributed by atoms with van der Waals surface area (Å²) in [6.07, 6.45) is 0.799. The highest BCUT2D eigenvalue weighted by Gasteiger charge is 2.26. The number of halogens is 1. The van der Waals surface area contributed by atoms with Gasteiger partial charge in [-0.3, -0.25) is 14.6 Å². The summed E-state index contributed by atoms with van der Waals surface area (Å²) in [5, 5.41) is 17.0. The molecule has 9 nitrogen and oxygen atoms in total. The van der Waals surface area contributed by atoms with Crippen molar-refractivity contribution in [1.29, 1.82) is 0 Å². The van der Waals surface area contributed by atoms with Crippen LogP contribution in [0.25, 0.3) is 0 Å². The van der Waals surface area contributed by atoms with E-state index >= 15 is 0 Å². The number of rotatable bonds is 13. The summed E-state index contributed by atoms with van der Waals surface area (Å²) in [5.74, 6) is -1.17. The minimum Gasteiger partial charge on any atom is -0.399 e. The normalized spacial score (nSPS) is 12.6. The fraction of sp³-hybridized carbons (Fsp3) is 0.242. The van der Waals surface area contributed by atoms with E-state index in [0.29, 0.717) is 24.6 Å². The van der Waals surface area contributed by atoms with Gasteiger partial charge in [0.15, 0.2) is 0 Å². The number of carbonyl (C=O) groups excluding carboxylic acids is 2. The maximum absolute atomic E-state index is 13.3. The minimum atomic E-state index is -0.904. The number of aromatic nitrogens is 1. The first-order chi connectivity index (χ1) is 21.1. The molecule has 2 atom stereocenters. The van der Waals surface area contributed by atoms with Gasteiger partial charge in [-0.1, -0.05) is 44.2 Å². The number of amides is 2. The van der Waals surface area contributed by atoms with Gasteiger partial charge in [0.05, 0.1) is 29.1 Å². The molecule has 1 aromatic heterocycles. The van der Waals surface area contributed by atoms with E-state index in [2.05, 4.69) is 33.8 Å². The van der Waals surface area contributed by atoms with Crippen molar-refractivity contribution < 1.29 is 19.1 Å². The molecule has 2 amide bonds. The summed E-state index contributed by atoms with van der Waals surface area (Å²) >= 11 is 1.53. The maximum atomic E-state index is 13.3. The van der Waals surface area contributed by atoms with Gasteiger partial charge in [-0.15, -0.1) is 0 Å². The van der Waals surface area contributed by atoms with Crippen molar-refractivity contribution in [2.75, 3.05) is 29.9 Å². The number of hydrogen-bond donors (Lipinski definition) is 5. The van der Waals surface area contributed by atoms with Crippen LogP contribution in [0.1, 0.15) is 40.3 Å². The van der Waals surface area contributed by atoms with Crippen molar-refractivity contribution in [3.63, 3.8) is 0 Å². The van der Waals surface area contributed by atoms with Crippen LogP contribution in [0.4, 0.5) is 21.5 Å². The van der Waals surface area contributed by atoms with E-state index in [4.69, 9.17) is 11.5 Å². The number of aliphatic hydroxyl groups is 1. The third kappa shape index (κ3) is 9.53. The molecule has 11 heteroatoms. The Bertz CT molecular complexity index is 1540. The van der Waals surface area contributed by atoms with E-state index in [0.717, 1.165) is 23.1 Å². The Labute approximate surface area is 261 Å². The van der Waals surface area contributed by atoms with Crippen molar-refractivity contribution in [2.45, 2.75) is 37.3 Å². The van der Waals surface area contributed by atoms with Gasteiger partial charge in [-0.05, 0) is 84.4 Å².